The van der Waals surface area contributed by atoms with Gasteiger partial charge in [0.05, 0.1) is 10.9 Å². The fourth-order valence-electron chi connectivity index (χ4n) is 1.52. The van der Waals surface area contributed by atoms with Crippen LogP contribution in [0.25, 0.3) is 0 Å². The van der Waals surface area contributed by atoms with Crippen molar-refractivity contribution in [2.75, 3.05) is 12.8 Å². The molecule has 0 amide bonds. The largest absolute Gasteiger partial charge is 0.496 e. The van der Waals surface area contributed by atoms with Gasteiger partial charge in [0.15, 0.2) is 0 Å². The van der Waals surface area contributed by atoms with E-state index in [2.05, 4.69) is 15.9 Å². The minimum absolute atomic E-state index is 0.239. The number of hydrogen-bond donors (Lipinski definition) is 1. The number of esters is 1. The van der Waals surface area contributed by atoms with Gasteiger partial charge in [0, 0.05) is 16.6 Å². The minimum atomic E-state index is -0.429. The molecule has 100 valence electrons. The summed E-state index contributed by atoms with van der Waals surface area (Å²) in [6.07, 6.45) is 0. The molecule has 0 unspecified atom stereocenters. The van der Waals surface area contributed by atoms with Gasteiger partial charge in [0.1, 0.15) is 17.9 Å². The van der Waals surface area contributed by atoms with Crippen LogP contribution in [-0.2, 0) is 11.3 Å². The summed E-state index contributed by atoms with van der Waals surface area (Å²) in [5.41, 5.74) is 6.54. The molecule has 4 nitrogen and oxygen atoms in total. The summed E-state index contributed by atoms with van der Waals surface area (Å²) in [5, 5.41) is 0. The van der Waals surface area contributed by atoms with Crippen LogP contribution in [0.15, 0.2) is 34.1 Å². The Morgan fingerprint density at radius 3 is 2.79 bits per heavy atom. The monoisotopic (exact) mass is 341 g/mol. The zero-order valence-electron chi connectivity index (χ0n) is 10.2. The smallest absolute Gasteiger partial charge is 0.342 e. The van der Waals surface area contributed by atoms with E-state index in [1.54, 1.807) is 18.2 Å². The van der Waals surface area contributed by atoms with E-state index < -0.39 is 5.97 Å². The number of nitrogen functional groups attached to an aromatic ring is 1. The number of thiophene rings is 1. The maximum absolute atomic E-state index is 12.0. The number of rotatable bonds is 4. The van der Waals surface area contributed by atoms with E-state index in [0.717, 1.165) is 8.66 Å². The Morgan fingerprint density at radius 2 is 2.16 bits per heavy atom. The van der Waals surface area contributed by atoms with E-state index >= 15 is 0 Å². The molecule has 0 fully saturated rings. The third-order valence-corrected chi connectivity index (χ3v) is 4.02. The zero-order valence-corrected chi connectivity index (χ0v) is 12.6. The Labute approximate surface area is 123 Å². The lowest BCUT2D eigenvalue weighted by Gasteiger charge is -2.08. The molecule has 0 bridgehead atoms. The van der Waals surface area contributed by atoms with Crippen LogP contribution < -0.4 is 10.5 Å². The van der Waals surface area contributed by atoms with Crippen molar-refractivity contribution in [3.63, 3.8) is 0 Å². The van der Waals surface area contributed by atoms with E-state index in [9.17, 15) is 4.79 Å². The number of carbonyl (C=O) groups excluding carboxylic acids is 1. The van der Waals surface area contributed by atoms with Crippen LogP contribution in [0.2, 0.25) is 0 Å². The van der Waals surface area contributed by atoms with Crippen molar-refractivity contribution in [1.29, 1.82) is 0 Å². The normalized spacial score (nSPS) is 10.2. The van der Waals surface area contributed by atoms with Gasteiger partial charge in [0.25, 0.3) is 0 Å². The van der Waals surface area contributed by atoms with Crippen LogP contribution in [0.5, 0.6) is 5.75 Å². The summed E-state index contributed by atoms with van der Waals surface area (Å²) in [7, 11) is 1.49. The molecular weight excluding hydrogens is 330 g/mol. The van der Waals surface area contributed by atoms with Gasteiger partial charge in [-0.15, -0.1) is 11.3 Å². The van der Waals surface area contributed by atoms with E-state index in [4.69, 9.17) is 15.2 Å². The van der Waals surface area contributed by atoms with E-state index in [1.165, 1.54) is 18.4 Å². The second-order valence-electron chi connectivity index (χ2n) is 3.74. The van der Waals surface area contributed by atoms with Crippen molar-refractivity contribution in [1.82, 2.24) is 0 Å². The average molecular weight is 342 g/mol. The van der Waals surface area contributed by atoms with Crippen LogP contribution in [0, 0.1) is 0 Å². The molecule has 0 aliphatic heterocycles. The standard InChI is InChI=1S/C13H12BrNO3S/c1-17-11-6-8(15)2-4-10(11)13(16)18-7-9-3-5-12(14)19-9/h2-6H,7,15H2,1H3. The first-order valence-corrected chi connectivity index (χ1v) is 7.06. The highest BCUT2D eigenvalue weighted by atomic mass is 79.9. The second kappa shape index (κ2) is 6.08. The Balaban J connectivity index is 2.07. The van der Waals surface area contributed by atoms with E-state index in [1.807, 2.05) is 12.1 Å². The lowest BCUT2D eigenvalue weighted by molar-refractivity contribution is 0.0473. The summed E-state index contributed by atoms with van der Waals surface area (Å²) < 4.78 is 11.4. The third-order valence-electron chi connectivity index (χ3n) is 2.42. The maximum Gasteiger partial charge on any atom is 0.342 e. The number of halogens is 1. The van der Waals surface area contributed by atoms with Crippen molar-refractivity contribution in [3.8, 4) is 5.75 Å². The van der Waals surface area contributed by atoms with Crippen molar-refractivity contribution in [2.24, 2.45) is 0 Å². The first-order valence-electron chi connectivity index (χ1n) is 5.45. The third kappa shape index (κ3) is 3.48. The van der Waals surface area contributed by atoms with Gasteiger partial charge in [-0.1, -0.05) is 0 Å². The SMILES string of the molecule is COc1cc(N)ccc1C(=O)OCc1ccc(Br)s1. The van der Waals surface area contributed by atoms with Gasteiger partial charge in [-0.25, -0.2) is 4.79 Å². The molecule has 0 aliphatic rings. The minimum Gasteiger partial charge on any atom is -0.496 e. The van der Waals surface area contributed by atoms with Crippen LogP contribution in [0.3, 0.4) is 0 Å². The van der Waals surface area contributed by atoms with Gasteiger partial charge in [0.2, 0.25) is 0 Å². The van der Waals surface area contributed by atoms with Crippen molar-refractivity contribution < 1.29 is 14.3 Å². The Hall–Kier alpha value is -1.53. The molecule has 19 heavy (non-hydrogen) atoms. The summed E-state index contributed by atoms with van der Waals surface area (Å²) in [4.78, 5) is 12.9. The summed E-state index contributed by atoms with van der Waals surface area (Å²) in [6, 6.07) is 8.65. The first-order chi connectivity index (χ1) is 9.10. The van der Waals surface area contributed by atoms with Crippen molar-refractivity contribution in [2.45, 2.75) is 6.61 Å². The fourth-order valence-corrected chi connectivity index (χ4v) is 2.92. The number of ether oxygens (including phenoxy) is 2. The molecule has 0 spiro atoms. The predicted octanol–water partition coefficient (Wildman–Crippen LogP) is 3.46. The van der Waals surface area contributed by atoms with Crippen molar-refractivity contribution in [3.05, 3.63) is 44.6 Å². The molecule has 0 saturated heterocycles. The van der Waals surface area contributed by atoms with Crippen LogP contribution in [-0.4, -0.2) is 13.1 Å². The van der Waals surface area contributed by atoms with E-state index in [0.29, 0.717) is 17.0 Å². The number of anilines is 1. The van der Waals surface area contributed by atoms with Gasteiger partial charge in [-0.3, -0.25) is 0 Å². The second-order valence-corrected chi connectivity index (χ2v) is 6.29. The Kier molecular flexibility index (Phi) is 4.44. The van der Waals surface area contributed by atoms with Crippen molar-refractivity contribution >= 4 is 38.9 Å². The molecule has 2 rings (SSSR count). The van der Waals surface area contributed by atoms with Crippen LogP contribution >= 0.6 is 27.3 Å². The topological polar surface area (TPSA) is 61.5 Å². The highest BCUT2D eigenvalue weighted by Gasteiger charge is 2.14. The number of hydrogen-bond acceptors (Lipinski definition) is 5. The molecule has 0 atom stereocenters. The molecule has 1 aromatic carbocycles. The predicted molar refractivity (Wildman–Crippen MR) is 78.5 cm³/mol. The maximum atomic E-state index is 12.0. The number of nitrogens with two attached hydrogens (primary N) is 1. The molecule has 0 saturated carbocycles. The Bertz CT molecular complexity index is 597. The quantitative estimate of drug-likeness (QED) is 0.683. The summed E-state index contributed by atoms with van der Waals surface area (Å²) >= 11 is 4.88. The van der Waals surface area contributed by atoms with Gasteiger partial charge in [-0.05, 0) is 40.2 Å². The first kappa shape index (κ1) is 13.9. The molecule has 1 heterocycles. The molecular formula is C13H12BrNO3S. The van der Waals surface area contributed by atoms with E-state index in [-0.39, 0.29) is 6.61 Å². The number of methoxy groups -OCH3 is 1. The fraction of sp³-hybridized carbons (Fsp3) is 0.154. The zero-order chi connectivity index (χ0) is 13.8. The molecule has 0 radical (unpaired) electrons. The summed E-state index contributed by atoms with van der Waals surface area (Å²) in [5.74, 6) is -0.0151. The van der Waals surface area contributed by atoms with Crippen LogP contribution in [0.4, 0.5) is 5.69 Å². The van der Waals surface area contributed by atoms with Gasteiger partial charge < -0.3 is 15.2 Å². The molecule has 2 aromatic rings. The van der Waals surface area contributed by atoms with Gasteiger partial charge >= 0.3 is 5.97 Å². The highest BCUT2D eigenvalue weighted by molar-refractivity contribution is 9.11. The molecule has 6 heteroatoms. The lowest BCUT2D eigenvalue weighted by Crippen LogP contribution is -2.07. The lowest BCUT2D eigenvalue weighted by atomic mass is 10.2. The Morgan fingerprint density at radius 1 is 1.37 bits per heavy atom. The number of benzene rings is 1. The van der Waals surface area contributed by atoms with Gasteiger partial charge in [-0.2, -0.15) is 0 Å². The van der Waals surface area contributed by atoms with Crippen LogP contribution in [0.1, 0.15) is 15.2 Å². The molecule has 0 aliphatic carbocycles. The average Bonchev–Trinajstić information content (AvgIpc) is 2.81. The summed E-state index contributed by atoms with van der Waals surface area (Å²) in [6.45, 7) is 0.239. The molecule has 1 aromatic heterocycles. The highest BCUT2D eigenvalue weighted by Crippen LogP contribution is 2.25. The molecule has 2 N–H and O–H groups in total. The number of carbonyl (C=O) groups is 1.